The van der Waals surface area contributed by atoms with Crippen LogP contribution in [0.3, 0.4) is 0 Å². The van der Waals surface area contributed by atoms with E-state index in [1.54, 1.807) is 41.3 Å². The molecule has 0 heterocycles. The number of rotatable bonds is 8. The highest BCUT2D eigenvalue weighted by molar-refractivity contribution is 5.96. The van der Waals surface area contributed by atoms with E-state index in [0.717, 1.165) is 5.56 Å². The van der Waals surface area contributed by atoms with Gasteiger partial charge in [0.05, 0.1) is 0 Å². The zero-order valence-corrected chi connectivity index (χ0v) is 13.7. The molecule has 130 valence electrons. The van der Waals surface area contributed by atoms with Crippen molar-refractivity contribution in [1.29, 1.82) is 10.8 Å². The number of nitrogens with zero attached hydrogens (tertiary/aromatic N) is 1. The average Bonchev–Trinajstić information content (AvgIpc) is 2.58. The third-order valence-electron chi connectivity index (χ3n) is 3.78. The van der Waals surface area contributed by atoms with Crippen LogP contribution in [0, 0.1) is 10.8 Å². The lowest BCUT2D eigenvalue weighted by Crippen LogP contribution is -2.32. The second-order valence-corrected chi connectivity index (χ2v) is 5.64. The molecule has 0 aromatic heterocycles. The third-order valence-corrected chi connectivity index (χ3v) is 3.78. The Bertz CT molecular complexity index is 786. The van der Waals surface area contributed by atoms with Gasteiger partial charge in [0.2, 0.25) is 0 Å². The summed E-state index contributed by atoms with van der Waals surface area (Å²) in [5, 5.41) is 24.1. The average molecular weight is 339 g/mol. The lowest BCUT2D eigenvalue weighted by molar-refractivity contribution is -0.135. The topological polar surface area (TPSA) is 140 Å². The largest absolute Gasteiger partial charge is 0.480 e. The Kier molecular flexibility index (Phi) is 5.73. The molecule has 25 heavy (non-hydrogen) atoms. The van der Waals surface area contributed by atoms with Crippen molar-refractivity contribution in [2.24, 2.45) is 11.5 Å². The molecule has 7 heteroatoms. The molecule has 0 radical (unpaired) electrons. The van der Waals surface area contributed by atoms with Crippen LogP contribution < -0.4 is 16.4 Å². The summed E-state index contributed by atoms with van der Waals surface area (Å²) in [5.74, 6) is -0.975. The molecule has 0 bridgehead atoms. The Morgan fingerprint density at radius 3 is 2.20 bits per heavy atom. The highest BCUT2D eigenvalue weighted by Crippen LogP contribution is 2.17. The van der Waals surface area contributed by atoms with Gasteiger partial charge in [-0.2, -0.15) is 0 Å². The molecule has 0 aliphatic heterocycles. The smallest absolute Gasteiger partial charge is 0.323 e. The highest BCUT2D eigenvalue weighted by Gasteiger charge is 2.12. The summed E-state index contributed by atoms with van der Waals surface area (Å²) < 4.78 is 0. The lowest BCUT2D eigenvalue weighted by atomic mass is 10.1. The first-order valence-corrected chi connectivity index (χ1v) is 7.71. The molecular formula is C18H21N5O2. The summed E-state index contributed by atoms with van der Waals surface area (Å²) in [5.41, 5.74) is 13.9. The summed E-state index contributed by atoms with van der Waals surface area (Å²) >= 11 is 0. The summed E-state index contributed by atoms with van der Waals surface area (Å²) in [7, 11) is 0. The zero-order valence-electron chi connectivity index (χ0n) is 13.7. The first-order chi connectivity index (χ1) is 11.9. The molecule has 2 aromatic carbocycles. The molecule has 0 unspecified atom stereocenters. The van der Waals surface area contributed by atoms with Gasteiger partial charge in [0.1, 0.15) is 18.2 Å². The Hall–Kier alpha value is -3.35. The van der Waals surface area contributed by atoms with Crippen LogP contribution in [0.25, 0.3) is 0 Å². The van der Waals surface area contributed by atoms with Crippen molar-refractivity contribution in [2.75, 3.05) is 18.0 Å². The maximum absolute atomic E-state index is 11.2. The van der Waals surface area contributed by atoms with Gasteiger partial charge in [-0.3, -0.25) is 15.6 Å². The number of hydrogen-bond donors (Lipinski definition) is 5. The number of amidine groups is 2. The number of anilines is 1. The Balaban J connectivity index is 2.15. The van der Waals surface area contributed by atoms with Crippen LogP contribution in [0.1, 0.15) is 16.7 Å². The first kappa shape index (κ1) is 18.0. The van der Waals surface area contributed by atoms with Crippen LogP contribution in [-0.4, -0.2) is 35.8 Å². The Morgan fingerprint density at radius 1 is 1.00 bits per heavy atom. The molecule has 0 saturated heterocycles. The Labute approximate surface area is 145 Å². The van der Waals surface area contributed by atoms with E-state index in [1.807, 2.05) is 12.1 Å². The van der Waals surface area contributed by atoms with Crippen molar-refractivity contribution >= 4 is 23.3 Å². The van der Waals surface area contributed by atoms with E-state index in [4.69, 9.17) is 22.3 Å². The monoisotopic (exact) mass is 339 g/mol. The quantitative estimate of drug-likeness (QED) is 0.365. The second-order valence-electron chi connectivity index (χ2n) is 5.64. The molecule has 2 rings (SSSR count). The normalized spacial score (nSPS) is 10.2. The number of nitrogens with two attached hydrogens (primary N) is 2. The molecule has 7 nitrogen and oxygen atoms in total. The molecule has 0 fully saturated rings. The van der Waals surface area contributed by atoms with E-state index >= 15 is 0 Å². The van der Waals surface area contributed by atoms with Gasteiger partial charge >= 0.3 is 5.97 Å². The van der Waals surface area contributed by atoms with Crippen molar-refractivity contribution in [3.05, 3.63) is 65.2 Å². The van der Waals surface area contributed by atoms with E-state index in [9.17, 15) is 9.90 Å². The SMILES string of the molecule is N=C(N)c1ccc(CCN(CC(=O)O)c2cccc(C(=N)N)c2)cc1. The minimum Gasteiger partial charge on any atom is -0.480 e. The predicted molar refractivity (Wildman–Crippen MR) is 98.5 cm³/mol. The third kappa shape index (κ3) is 5.07. The van der Waals surface area contributed by atoms with Crippen molar-refractivity contribution in [2.45, 2.75) is 6.42 Å². The zero-order chi connectivity index (χ0) is 18.4. The summed E-state index contributed by atoms with van der Waals surface area (Å²) in [6.45, 7) is 0.347. The number of carboxylic acids is 1. The molecule has 0 amide bonds. The molecule has 7 N–H and O–H groups in total. The van der Waals surface area contributed by atoms with Gasteiger partial charge in [-0.15, -0.1) is 0 Å². The van der Waals surface area contributed by atoms with Gasteiger partial charge in [-0.05, 0) is 24.1 Å². The minimum atomic E-state index is -0.930. The van der Waals surface area contributed by atoms with Gasteiger partial charge in [-0.1, -0.05) is 36.4 Å². The number of benzene rings is 2. The molecule has 0 spiro atoms. The van der Waals surface area contributed by atoms with E-state index in [2.05, 4.69) is 0 Å². The first-order valence-electron chi connectivity index (χ1n) is 7.71. The fourth-order valence-corrected chi connectivity index (χ4v) is 2.45. The predicted octanol–water partition coefficient (Wildman–Crippen LogP) is 1.39. The van der Waals surface area contributed by atoms with Crippen molar-refractivity contribution in [1.82, 2.24) is 0 Å². The fraction of sp³-hybridized carbons (Fsp3) is 0.167. The van der Waals surface area contributed by atoms with Crippen molar-refractivity contribution in [3.63, 3.8) is 0 Å². The van der Waals surface area contributed by atoms with Gasteiger partial charge in [0.25, 0.3) is 0 Å². The number of carbonyl (C=O) groups is 1. The minimum absolute atomic E-state index is 0.0140. The molecular weight excluding hydrogens is 318 g/mol. The maximum atomic E-state index is 11.2. The van der Waals surface area contributed by atoms with Crippen LogP contribution in [0.15, 0.2) is 48.5 Å². The standard InChI is InChI=1S/C18H21N5O2/c19-17(20)13-6-4-12(5-7-13)8-9-23(11-16(24)25)15-3-1-2-14(10-15)18(21)22/h1-7,10H,8-9,11H2,(H3,19,20)(H3,21,22)(H,24,25). The van der Waals surface area contributed by atoms with E-state index in [0.29, 0.717) is 29.8 Å². The van der Waals surface area contributed by atoms with Crippen molar-refractivity contribution < 1.29 is 9.90 Å². The maximum Gasteiger partial charge on any atom is 0.323 e. The number of nitrogen functional groups attached to an aromatic ring is 2. The van der Waals surface area contributed by atoms with Gasteiger partial charge < -0.3 is 21.5 Å². The van der Waals surface area contributed by atoms with Crippen LogP contribution in [0.2, 0.25) is 0 Å². The van der Waals surface area contributed by atoms with Crippen LogP contribution in [0.4, 0.5) is 5.69 Å². The van der Waals surface area contributed by atoms with Crippen molar-refractivity contribution in [3.8, 4) is 0 Å². The number of nitrogens with one attached hydrogen (secondary N) is 2. The molecule has 2 aromatic rings. The molecule has 0 aliphatic rings. The highest BCUT2D eigenvalue weighted by atomic mass is 16.4. The summed E-state index contributed by atoms with van der Waals surface area (Å²) in [6.07, 6.45) is 0.635. The number of hydrogen-bond acceptors (Lipinski definition) is 4. The van der Waals surface area contributed by atoms with Gasteiger partial charge in [-0.25, -0.2) is 0 Å². The fourth-order valence-electron chi connectivity index (χ4n) is 2.45. The van der Waals surface area contributed by atoms with E-state index in [1.165, 1.54) is 0 Å². The van der Waals surface area contributed by atoms with E-state index in [-0.39, 0.29) is 18.2 Å². The molecule has 0 aliphatic carbocycles. The van der Waals surface area contributed by atoms with Crippen LogP contribution in [0.5, 0.6) is 0 Å². The van der Waals surface area contributed by atoms with E-state index < -0.39 is 5.97 Å². The van der Waals surface area contributed by atoms with Gasteiger partial charge in [0, 0.05) is 23.4 Å². The molecule has 0 atom stereocenters. The molecule has 0 saturated carbocycles. The van der Waals surface area contributed by atoms with Crippen LogP contribution in [-0.2, 0) is 11.2 Å². The van der Waals surface area contributed by atoms with Gasteiger partial charge in [0.15, 0.2) is 0 Å². The second kappa shape index (κ2) is 7.96. The summed E-state index contributed by atoms with van der Waals surface area (Å²) in [6, 6.07) is 14.3. The number of aliphatic carboxylic acids is 1. The Morgan fingerprint density at radius 2 is 1.64 bits per heavy atom. The van der Waals surface area contributed by atoms with Crippen LogP contribution >= 0.6 is 0 Å². The summed E-state index contributed by atoms with van der Waals surface area (Å²) in [4.78, 5) is 12.9. The number of carboxylic acid groups (broad SMARTS) is 1. The lowest BCUT2D eigenvalue weighted by Gasteiger charge is -2.23.